The molecule has 0 aromatic rings. The van der Waals surface area contributed by atoms with Crippen LogP contribution in [-0.4, -0.2) is 70.1 Å². The topological polar surface area (TPSA) is 214 Å². The Morgan fingerprint density at radius 3 is 1.77 bits per heavy atom. The molecule has 0 radical (unpaired) electrons. The Balaban J connectivity index is 5.52. The number of aliphatic hydroxyl groups is 1. The number of hydrogen-bond acceptors (Lipinski definition) is 7. The van der Waals surface area contributed by atoms with Crippen LogP contribution in [0.5, 0.6) is 0 Å². The number of aliphatic hydroxyl groups excluding tert-OH is 1. The minimum atomic E-state index is -1.44. The van der Waals surface area contributed by atoms with Gasteiger partial charge >= 0.3 is 5.97 Å². The lowest BCUT2D eigenvalue weighted by Crippen LogP contribution is -2.60. The normalized spacial score (nSPS) is 16.9. The minimum Gasteiger partial charge on any atom is -0.480 e. The maximum Gasteiger partial charge on any atom is 0.326 e. The maximum absolute atomic E-state index is 12.7. The molecular weight excluding hydrogens is 410 g/mol. The molecule has 0 heterocycles. The first kappa shape index (κ1) is 28.3. The van der Waals surface area contributed by atoms with Gasteiger partial charge in [0.1, 0.15) is 24.2 Å². The van der Waals surface area contributed by atoms with Gasteiger partial charge in [-0.15, -0.1) is 0 Å². The average Bonchev–Trinajstić information content (AvgIpc) is 2.66. The van der Waals surface area contributed by atoms with Crippen molar-refractivity contribution >= 4 is 29.6 Å². The van der Waals surface area contributed by atoms with E-state index in [0.717, 1.165) is 0 Å². The van der Waals surface area contributed by atoms with Crippen molar-refractivity contribution < 1.29 is 34.2 Å². The maximum atomic E-state index is 12.7. The highest BCUT2D eigenvalue weighted by Crippen LogP contribution is 2.09. The van der Waals surface area contributed by atoms with Crippen LogP contribution >= 0.6 is 0 Å². The molecule has 0 saturated heterocycles. The van der Waals surface area contributed by atoms with Gasteiger partial charge in [0.2, 0.25) is 23.6 Å². The quantitative estimate of drug-likeness (QED) is 0.165. The number of hydrogen-bond donors (Lipinski definition) is 7. The molecule has 0 aliphatic heterocycles. The summed E-state index contributed by atoms with van der Waals surface area (Å²) in [6, 6.07) is -5.08. The van der Waals surface area contributed by atoms with Gasteiger partial charge in [-0.1, -0.05) is 34.1 Å². The molecule has 0 aliphatic carbocycles. The Kier molecular flexibility index (Phi) is 11.7. The Labute approximate surface area is 181 Å². The summed E-state index contributed by atoms with van der Waals surface area (Å²) in [5, 5.41) is 25.9. The highest BCUT2D eigenvalue weighted by Gasteiger charge is 2.34. The first-order valence-electron chi connectivity index (χ1n) is 10.1. The number of carbonyl (C=O) groups excluding carboxylic acids is 4. The van der Waals surface area contributed by atoms with Gasteiger partial charge < -0.3 is 37.6 Å². The van der Waals surface area contributed by atoms with Gasteiger partial charge in [-0.2, -0.15) is 0 Å². The molecule has 0 saturated carbocycles. The first-order chi connectivity index (χ1) is 14.2. The van der Waals surface area contributed by atoms with E-state index in [1.165, 1.54) is 6.92 Å². The number of primary amides is 1. The van der Waals surface area contributed by atoms with Crippen molar-refractivity contribution in [2.75, 3.05) is 0 Å². The van der Waals surface area contributed by atoms with E-state index < -0.39 is 78.1 Å². The Bertz CT molecular complexity index is 668. The van der Waals surface area contributed by atoms with Gasteiger partial charge in [0.15, 0.2) is 0 Å². The fourth-order valence-corrected chi connectivity index (χ4v) is 2.61. The average molecular weight is 446 g/mol. The third-order valence-corrected chi connectivity index (χ3v) is 4.88. The van der Waals surface area contributed by atoms with Gasteiger partial charge in [-0.05, 0) is 18.8 Å². The fraction of sp³-hybridized carbons (Fsp3) is 0.737. The number of nitrogens with two attached hydrogens (primary N) is 2. The van der Waals surface area contributed by atoms with Crippen LogP contribution in [0.25, 0.3) is 0 Å². The van der Waals surface area contributed by atoms with Crippen LogP contribution in [0, 0.1) is 11.8 Å². The lowest BCUT2D eigenvalue weighted by molar-refractivity contribution is -0.144. The largest absolute Gasteiger partial charge is 0.480 e. The fourth-order valence-electron chi connectivity index (χ4n) is 2.61. The molecule has 6 unspecified atom stereocenters. The second-order valence-corrected chi connectivity index (χ2v) is 7.94. The van der Waals surface area contributed by atoms with E-state index in [1.807, 2.05) is 0 Å². The molecule has 0 rings (SSSR count). The van der Waals surface area contributed by atoms with E-state index >= 15 is 0 Å². The van der Waals surface area contributed by atoms with Crippen LogP contribution in [0.3, 0.4) is 0 Å². The number of carboxylic acids is 1. The number of carbonyl (C=O) groups is 5. The SMILES string of the molecule is CCC(C)C(NC(=O)C(CC(N)=O)NC(=O)C(NC(=O)C(N)C(C)O)C(C)C)C(=O)O. The van der Waals surface area contributed by atoms with Crippen molar-refractivity contribution in [3.63, 3.8) is 0 Å². The van der Waals surface area contributed by atoms with Gasteiger partial charge in [-0.25, -0.2) is 4.79 Å². The van der Waals surface area contributed by atoms with Crippen LogP contribution in [0.4, 0.5) is 0 Å². The molecule has 0 aliphatic rings. The number of carboxylic acid groups (broad SMARTS) is 1. The Morgan fingerprint density at radius 1 is 0.871 bits per heavy atom. The summed E-state index contributed by atoms with van der Waals surface area (Å²) in [5.41, 5.74) is 10.7. The molecule has 0 aromatic heterocycles. The Morgan fingerprint density at radius 2 is 1.39 bits per heavy atom. The number of nitrogens with one attached hydrogen (secondary N) is 3. The predicted octanol–water partition coefficient (Wildman–Crippen LogP) is -2.19. The van der Waals surface area contributed by atoms with Crippen molar-refractivity contribution in [1.29, 1.82) is 0 Å². The summed E-state index contributed by atoms with van der Waals surface area (Å²) in [6.45, 7) is 7.97. The van der Waals surface area contributed by atoms with E-state index in [1.54, 1.807) is 27.7 Å². The smallest absolute Gasteiger partial charge is 0.326 e. The molecule has 0 aromatic carbocycles. The van der Waals surface area contributed by atoms with Crippen LogP contribution in [-0.2, 0) is 24.0 Å². The second kappa shape index (κ2) is 12.8. The van der Waals surface area contributed by atoms with Gasteiger partial charge in [0.25, 0.3) is 0 Å². The van der Waals surface area contributed by atoms with Gasteiger partial charge in [0.05, 0.1) is 12.5 Å². The summed E-state index contributed by atoms with van der Waals surface area (Å²) >= 11 is 0. The van der Waals surface area contributed by atoms with Gasteiger partial charge in [0, 0.05) is 0 Å². The monoisotopic (exact) mass is 445 g/mol. The third-order valence-electron chi connectivity index (χ3n) is 4.88. The predicted molar refractivity (Wildman–Crippen MR) is 111 cm³/mol. The summed E-state index contributed by atoms with van der Waals surface area (Å²) < 4.78 is 0. The molecule has 12 nitrogen and oxygen atoms in total. The lowest BCUT2D eigenvalue weighted by Gasteiger charge is -2.27. The standard InChI is InChI=1S/C19H35N5O7/c1-6-9(4)15(19(30)31)24-16(27)11(7-12(20)26)22-18(29)14(8(2)3)23-17(28)13(21)10(5)25/h8-11,13-15,25H,6-7,21H2,1-5H3,(H2,20,26)(H,22,29)(H,23,28)(H,24,27)(H,30,31). The summed E-state index contributed by atoms with van der Waals surface area (Å²) in [4.78, 5) is 60.4. The zero-order valence-electron chi connectivity index (χ0n) is 18.5. The van der Waals surface area contributed by atoms with Gasteiger partial charge in [-0.3, -0.25) is 19.2 Å². The van der Waals surface area contributed by atoms with E-state index in [0.29, 0.717) is 6.42 Å². The van der Waals surface area contributed by atoms with E-state index in [9.17, 15) is 34.2 Å². The van der Waals surface area contributed by atoms with E-state index in [-0.39, 0.29) is 0 Å². The molecule has 0 bridgehead atoms. The van der Waals surface area contributed by atoms with Crippen LogP contribution in [0.15, 0.2) is 0 Å². The second-order valence-electron chi connectivity index (χ2n) is 7.94. The first-order valence-corrected chi connectivity index (χ1v) is 10.1. The van der Waals surface area contributed by atoms with Crippen molar-refractivity contribution in [2.45, 2.75) is 77.7 Å². The molecule has 6 atom stereocenters. The zero-order chi connectivity index (χ0) is 24.5. The summed E-state index contributed by atoms with van der Waals surface area (Å²) in [6.07, 6.45) is -1.26. The Hall–Kier alpha value is -2.73. The van der Waals surface area contributed by atoms with Crippen LogP contribution < -0.4 is 27.4 Å². The van der Waals surface area contributed by atoms with E-state index in [4.69, 9.17) is 11.5 Å². The van der Waals surface area contributed by atoms with Crippen molar-refractivity contribution in [3.8, 4) is 0 Å². The van der Waals surface area contributed by atoms with E-state index in [2.05, 4.69) is 16.0 Å². The van der Waals surface area contributed by atoms with Crippen molar-refractivity contribution in [2.24, 2.45) is 23.3 Å². The van der Waals surface area contributed by atoms with Crippen LogP contribution in [0.1, 0.15) is 47.5 Å². The molecular formula is C19H35N5O7. The van der Waals surface area contributed by atoms with Crippen molar-refractivity contribution in [1.82, 2.24) is 16.0 Å². The molecule has 0 spiro atoms. The molecule has 178 valence electrons. The zero-order valence-corrected chi connectivity index (χ0v) is 18.5. The molecule has 31 heavy (non-hydrogen) atoms. The molecule has 0 fully saturated rings. The third kappa shape index (κ3) is 9.30. The molecule has 4 amide bonds. The summed E-state index contributed by atoms with van der Waals surface area (Å²) in [7, 11) is 0. The number of aliphatic carboxylic acids is 1. The highest BCUT2D eigenvalue weighted by molar-refractivity contribution is 5.96. The molecule has 12 heteroatoms. The highest BCUT2D eigenvalue weighted by atomic mass is 16.4. The lowest BCUT2D eigenvalue weighted by atomic mass is 9.98. The number of amides is 4. The molecule has 9 N–H and O–H groups in total. The van der Waals surface area contributed by atoms with Crippen LogP contribution in [0.2, 0.25) is 0 Å². The minimum absolute atomic E-state index is 0.406. The van der Waals surface area contributed by atoms with Crippen molar-refractivity contribution in [3.05, 3.63) is 0 Å². The number of rotatable bonds is 13. The summed E-state index contributed by atoms with van der Waals surface area (Å²) in [5.74, 6) is -5.46.